The van der Waals surface area contributed by atoms with Gasteiger partial charge < -0.3 is 0 Å². The van der Waals surface area contributed by atoms with Gasteiger partial charge in [-0.05, 0) is 47.0 Å². The minimum absolute atomic E-state index is 0.124. The Labute approximate surface area is 135 Å². The van der Waals surface area contributed by atoms with Gasteiger partial charge in [-0.2, -0.15) is 0 Å². The van der Waals surface area contributed by atoms with Gasteiger partial charge in [0.1, 0.15) is 16.5 Å². The van der Waals surface area contributed by atoms with Gasteiger partial charge in [0, 0.05) is 16.6 Å². The van der Waals surface area contributed by atoms with Gasteiger partial charge in [-0.3, -0.25) is 4.31 Å². The highest BCUT2D eigenvalue weighted by atomic mass is 79.9. The number of fused-ring (bicyclic) bond motifs is 1. The third-order valence-electron chi connectivity index (χ3n) is 3.62. The van der Waals surface area contributed by atoms with Crippen molar-refractivity contribution in [3.8, 4) is 0 Å². The summed E-state index contributed by atoms with van der Waals surface area (Å²) in [5.41, 5.74) is 1.42. The number of sulfonamides is 1. The summed E-state index contributed by atoms with van der Waals surface area (Å²) in [6.07, 6.45) is 0.551. The molecule has 0 amide bonds. The van der Waals surface area contributed by atoms with Crippen LogP contribution in [-0.4, -0.2) is 14.5 Å². The second-order valence-corrected chi connectivity index (χ2v) is 7.79. The normalized spacial score (nSPS) is 17.6. The summed E-state index contributed by atoms with van der Waals surface area (Å²) in [6, 6.07) is 8.28. The fourth-order valence-electron chi connectivity index (χ4n) is 2.78. The topological polar surface area (TPSA) is 37.4 Å². The summed E-state index contributed by atoms with van der Waals surface area (Å²) in [4.78, 5) is -0.544. The number of nitrogens with zero attached hydrogens (tertiary/aromatic N) is 1. The number of para-hydroxylation sites is 1. The molecule has 0 saturated carbocycles. The number of hydrogen-bond donors (Lipinski definition) is 0. The maximum atomic E-state index is 14.1. The lowest BCUT2D eigenvalue weighted by Gasteiger charge is -2.25. The molecule has 116 valence electrons. The van der Waals surface area contributed by atoms with Gasteiger partial charge in [0.2, 0.25) is 0 Å². The highest BCUT2D eigenvalue weighted by Gasteiger charge is 2.38. The van der Waals surface area contributed by atoms with Crippen molar-refractivity contribution in [2.75, 3.05) is 4.31 Å². The Bertz CT molecular complexity index is 831. The van der Waals surface area contributed by atoms with Crippen molar-refractivity contribution in [3.63, 3.8) is 0 Å². The predicted molar refractivity (Wildman–Crippen MR) is 83.3 cm³/mol. The molecule has 1 aliphatic heterocycles. The molecule has 3 nitrogen and oxygen atoms in total. The maximum Gasteiger partial charge on any atom is 0.268 e. The Hall–Kier alpha value is -1.47. The van der Waals surface area contributed by atoms with Crippen LogP contribution in [0.2, 0.25) is 0 Å². The first-order chi connectivity index (χ1) is 10.3. The van der Waals surface area contributed by atoms with E-state index in [4.69, 9.17) is 0 Å². The SMILES string of the molecule is CC1Cc2ccccc2N1S(=O)(=O)c1c(F)cc(F)cc1Br. The molecule has 0 radical (unpaired) electrons. The average molecular weight is 388 g/mol. The predicted octanol–water partition coefficient (Wildman–Crippen LogP) is 3.87. The molecule has 1 aliphatic rings. The lowest BCUT2D eigenvalue weighted by Crippen LogP contribution is -2.36. The van der Waals surface area contributed by atoms with Gasteiger partial charge >= 0.3 is 0 Å². The van der Waals surface area contributed by atoms with Crippen LogP contribution in [0.1, 0.15) is 12.5 Å². The van der Waals surface area contributed by atoms with Crippen LogP contribution in [0.15, 0.2) is 45.8 Å². The molecule has 2 aromatic carbocycles. The van der Waals surface area contributed by atoms with Crippen LogP contribution in [0.4, 0.5) is 14.5 Å². The van der Waals surface area contributed by atoms with Crippen molar-refractivity contribution in [2.24, 2.45) is 0 Å². The van der Waals surface area contributed by atoms with Crippen LogP contribution in [0.5, 0.6) is 0 Å². The third kappa shape index (κ3) is 2.32. The molecule has 2 aromatic rings. The fraction of sp³-hybridized carbons (Fsp3) is 0.200. The van der Waals surface area contributed by atoms with E-state index in [1.165, 1.54) is 4.31 Å². The second-order valence-electron chi connectivity index (χ2n) is 5.18. The minimum Gasteiger partial charge on any atom is -0.263 e. The van der Waals surface area contributed by atoms with Crippen LogP contribution in [0, 0.1) is 11.6 Å². The van der Waals surface area contributed by atoms with E-state index >= 15 is 0 Å². The molecule has 1 atom stereocenters. The van der Waals surface area contributed by atoms with E-state index in [1.54, 1.807) is 19.1 Å². The van der Waals surface area contributed by atoms with E-state index in [2.05, 4.69) is 15.9 Å². The van der Waals surface area contributed by atoms with Crippen LogP contribution in [0.25, 0.3) is 0 Å². The van der Waals surface area contributed by atoms with E-state index in [0.29, 0.717) is 18.2 Å². The van der Waals surface area contributed by atoms with Crippen LogP contribution in [0.3, 0.4) is 0 Å². The van der Waals surface area contributed by atoms with Crippen LogP contribution in [-0.2, 0) is 16.4 Å². The third-order valence-corrected chi connectivity index (χ3v) is 6.52. The van der Waals surface area contributed by atoms with E-state index < -0.39 is 26.6 Å². The molecule has 22 heavy (non-hydrogen) atoms. The van der Waals surface area contributed by atoms with Crippen molar-refractivity contribution in [3.05, 3.63) is 58.1 Å². The minimum atomic E-state index is -4.13. The quantitative estimate of drug-likeness (QED) is 0.784. The van der Waals surface area contributed by atoms with Crippen molar-refractivity contribution in [2.45, 2.75) is 24.3 Å². The highest BCUT2D eigenvalue weighted by molar-refractivity contribution is 9.10. The summed E-state index contributed by atoms with van der Waals surface area (Å²) in [7, 11) is -4.13. The Balaban J connectivity index is 2.20. The molecule has 0 bridgehead atoms. The van der Waals surface area contributed by atoms with E-state index in [1.807, 2.05) is 12.1 Å². The number of anilines is 1. The molecule has 7 heteroatoms. The van der Waals surface area contributed by atoms with Crippen molar-refractivity contribution in [1.82, 2.24) is 0 Å². The Morgan fingerprint density at radius 3 is 2.59 bits per heavy atom. The monoisotopic (exact) mass is 387 g/mol. The van der Waals surface area contributed by atoms with Crippen LogP contribution < -0.4 is 4.31 Å². The molecule has 0 aromatic heterocycles. The van der Waals surface area contributed by atoms with Crippen molar-refractivity contribution in [1.29, 1.82) is 0 Å². The first-order valence-corrected chi connectivity index (χ1v) is 8.82. The van der Waals surface area contributed by atoms with Gasteiger partial charge in [0.25, 0.3) is 10.0 Å². The maximum absolute atomic E-state index is 14.1. The van der Waals surface area contributed by atoms with E-state index in [-0.39, 0.29) is 10.5 Å². The summed E-state index contributed by atoms with van der Waals surface area (Å²) in [5.74, 6) is -1.94. The van der Waals surface area contributed by atoms with E-state index in [0.717, 1.165) is 11.6 Å². The standard InChI is InChI=1S/C15H12BrF2NO2S/c1-9-6-10-4-2-3-5-14(10)19(9)22(20,21)15-12(16)7-11(17)8-13(15)18/h2-5,7-9H,6H2,1H3. The first kappa shape index (κ1) is 15.4. The summed E-state index contributed by atoms with van der Waals surface area (Å²) < 4.78 is 54.2. The highest BCUT2D eigenvalue weighted by Crippen LogP contribution is 2.39. The molecule has 1 heterocycles. The lowest BCUT2D eigenvalue weighted by molar-refractivity contribution is 0.542. The molecule has 0 fully saturated rings. The van der Waals surface area contributed by atoms with Gasteiger partial charge in [0.15, 0.2) is 0 Å². The fourth-order valence-corrected chi connectivity index (χ4v) is 5.59. The molecule has 0 spiro atoms. The smallest absolute Gasteiger partial charge is 0.263 e. The zero-order valence-corrected chi connectivity index (χ0v) is 14.0. The number of benzene rings is 2. The zero-order chi connectivity index (χ0) is 16.1. The molecule has 0 aliphatic carbocycles. The van der Waals surface area contributed by atoms with Crippen molar-refractivity contribution < 1.29 is 17.2 Å². The molecule has 1 unspecified atom stereocenters. The Kier molecular flexibility index (Phi) is 3.72. The molecule has 0 N–H and O–H groups in total. The van der Waals surface area contributed by atoms with E-state index in [9.17, 15) is 17.2 Å². The first-order valence-electron chi connectivity index (χ1n) is 6.59. The average Bonchev–Trinajstić information content (AvgIpc) is 2.73. The molecule has 0 saturated heterocycles. The van der Waals surface area contributed by atoms with Crippen molar-refractivity contribution >= 4 is 31.6 Å². The molecular formula is C15H12BrF2NO2S. The zero-order valence-electron chi connectivity index (χ0n) is 11.6. The number of halogens is 3. The number of hydrogen-bond acceptors (Lipinski definition) is 2. The number of rotatable bonds is 2. The summed E-state index contributed by atoms with van der Waals surface area (Å²) >= 11 is 2.95. The Morgan fingerprint density at radius 2 is 1.91 bits per heavy atom. The summed E-state index contributed by atoms with van der Waals surface area (Å²) in [6.45, 7) is 1.76. The van der Waals surface area contributed by atoms with Gasteiger partial charge in [-0.25, -0.2) is 17.2 Å². The largest absolute Gasteiger partial charge is 0.268 e. The van der Waals surface area contributed by atoms with Gasteiger partial charge in [-0.15, -0.1) is 0 Å². The van der Waals surface area contributed by atoms with Gasteiger partial charge in [-0.1, -0.05) is 18.2 Å². The summed E-state index contributed by atoms with van der Waals surface area (Å²) in [5, 5.41) is 0. The van der Waals surface area contributed by atoms with Crippen LogP contribution >= 0.6 is 15.9 Å². The lowest BCUT2D eigenvalue weighted by atomic mass is 10.1. The molecule has 3 rings (SSSR count). The Morgan fingerprint density at radius 1 is 1.23 bits per heavy atom. The molecular weight excluding hydrogens is 376 g/mol. The van der Waals surface area contributed by atoms with Gasteiger partial charge in [0.05, 0.1) is 5.69 Å². The second kappa shape index (κ2) is 5.31.